The van der Waals surface area contributed by atoms with Crippen molar-refractivity contribution >= 4 is 11.9 Å². The molecule has 0 N–H and O–H groups in total. The Morgan fingerprint density at radius 3 is 2.23 bits per heavy atom. The minimum atomic E-state index is -0.471. The second-order valence-electron chi connectivity index (χ2n) is 9.33. The first-order chi connectivity index (χ1) is 14.0. The Morgan fingerprint density at radius 2 is 1.70 bits per heavy atom. The molecule has 5 nitrogen and oxygen atoms in total. The van der Waals surface area contributed by atoms with E-state index in [2.05, 4.69) is 13.5 Å². The predicted molar refractivity (Wildman–Crippen MR) is 118 cm³/mol. The van der Waals surface area contributed by atoms with Gasteiger partial charge in [-0.15, -0.1) is 0 Å². The van der Waals surface area contributed by atoms with E-state index in [1.165, 1.54) is 0 Å². The Labute approximate surface area is 181 Å². The number of carbonyl (C=O) groups excluding carboxylic acids is 2. The van der Waals surface area contributed by atoms with Crippen LogP contribution >= 0.6 is 0 Å². The quantitative estimate of drug-likeness (QED) is 0.231. The zero-order valence-electron chi connectivity index (χ0n) is 19.6. The van der Waals surface area contributed by atoms with Crippen molar-refractivity contribution in [2.45, 2.75) is 98.1 Å². The first kappa shape index (κ1) is 24.4. The zero-order valence-corrected chi connectivity index (χ0v) is 19.6. The average molecular weight is 419 g/mol. The lowest BCUT2D eigenvalue weighted by molar-refractivity contribution is -0.151. The van der Waals surface area contributed by atoms with Crippen LogP contribution in [0.25, 0.3) is 0 Å². The van der Waals surface area contributed by atoms with E-state index in [1.807, 2.05) is 27.7 Å². The second-order valence-corrected chi connectivity index (χ2v) is 9.33. The fourth-order valence-corrected chi connectivity index (χ4v) is 3.94. The van der Waals surface area contributed by atoms with Crippen LogP contribution in [0.3, 0.4) is 0 Å². The molecule has 2 rings (SSSR count). The first-order valence-electron chi connectivity index (χ1n) is 11.0. The summed E-state index contributed by atoms with van der Waals surface area (Å²) in [5.74, 6) is -0.209. The van der Waals surface area contributed by atoms with Crippen LogP contribution in [0.5, 0.6) is 0 Å². The molecule has 168 valence electrons. The Kier molecular flexibility index (Phi) is 8.09. The average Bonchev–Trinajstić information content (AvgIpc) is 3.31. The van der Waals surface area contributed by atoms with Gasteiger partial charge in [-0.25, -0.2) is 9.59 Å². The van der Waals surface area contributed by atoms with Crippen molar-refractivity contribution in [3.63, 3.8) is 0 Å². The highest BCUT2D eigenvalue weighted by atomic mass is 16.6. The largest absolute Gasteiger partial charge is 0.458 e. The maximum absolute atomic E-state index is 12.5. The molecule has 0 radical (unpaired) electrons. The van der Waals surface area contributed by atoms with Gasteiger partial charge < -0.3 is 14.2 Å². The molecule has 0 aromatic heterocycles. The van der Waals surface area contributed by atoms with Crippen molar-refractivity contribution in [3.8, 4) is 0 Å². The molecular weight excluding hydrogens is 380 g/mol. The number of allylic oxidation sites excluding steroid dienone is 2. The molecule has 30 heavy (non-hydrogen) atoms. The second kappa shape index (κ2) is 9.95. The van der Waals surface area contributed by atoms with Gasteiger partial charge in [0.25, 0.3) is 0 Å². The van der Waals surface area contributed by atoms with Crippen LogP contribution in [0.15, 0.2) is 35.5 Å². The van der Waals surface area contributed by atoms with E-state index in [1.54, 1.807) is 26.0 Å². The van der Waals surface area contributed by atoms with Crippen molar-refractivity contribution in [2.75, 3.05) is 0 Å². The monoisotopic (exact) mass is 418 g/mol. The number of hydrogen-bond donors (Lipinski definition) is 0. The van der Waals surface area contributed by atoms with Gasteiger partial charge in [-0.2, -0.15) is 0 Å². The molecule has 0 unspecified atom stereocenters. The van der Waals surface area contributed by atoms with Crippen LogP contribution in [0.4, 0.5) is 0 Å². The summed E-state index contributed by atoms with van der Waals surface area (Å²) in [5, 5.41) is 0. The highest BCUT2D eigenvalue weighted by molar-refractivity contribution is 5.88. The highest BCUT2D eigenvalue weighted by Crippen LogP contribution is 2.43. The van der Waals surface area contributed by atoms with E-state index in [4.69, 9.17) is 14.2 Å². The topological polar surface area (TPSA) is 65.1 Å². The molecule has 1 aliphatic heterocycles. The van der Waals surface area contributed by atoms with Crippen LogP contribution in [-0.2, 0) is 23.8 Å². The predicted octanol–water partition coefficient (Wildman–Crippen LogP) is 5.30. The third kappa shape index (κ3) is 6.07. The van der Waals surface area contributed by atoms with Gasteiger partial charge >= 0.3 is 11.9 Å². The van der Waals surface area contributed by atoms with Crippen molar-refractivity contribution in [1.29, 1.82) is 0 Å². The molecule has 1 aliphatic carbocycles. The van der Waals surface area contributed by atoms with E-state index in [9.17, 15) is 9.59 Å². The van der Waals surface area contributed by atoms with Crippen LogP contribution < -0.4 is 0 Å². The van der Waals surface area contributed by atoms with Crippen molar-refractivity contribution in [1.82, 2.24) is 0 Å². The van der Waals surface area contributed by atoms with Crippen LogP contribution in [0.2, 0.25) is 0 Å². The van der Waals surface area contributed by atoms with E-state index in [0.717, 1.165) is 24.8 Å². The molecule has 0 aromatic rings. The normalized spacial score (nSPS) is 29.7. The summed E-state index contributed by atoms with van der Waals surface area (Å²) in [6.45, 7) is 17.7. The van der Waals surface area contributed by atoms with E-state index in [-0.39, 0.29) is 35.7 Å². The Balaban J connectivity index is 2.21. The third-order valence-electron chi connectivity index (χ3n) is 6.55. The van der Waals surface area contributed by atoms with Crippen LogP contribution in [0.1, 0.15) is 74.1 Å². The molecule has 2 fully saturated rings. The summed E-state index contributed by atoms with van der Waals surface area (Å²) in [7, 11) is 0. The molecule has 0 bridgehead atoms. The maximum atomic E-state index is 12.5. The lowest BCUT2D eigenvalue weighted by Crippen LogP contribution is -2.38. The molecule has 5 atom stereocenters. The summed E-state index contributed by atoms with van der Waals surface area (Å²) < 4.78 is 17.5. The number of esters is 2. The standard InChI is InChI=1S/C25H38O5/c1-9-16(4)23(26)28-20(14-22-25(7,8)30-22)18(6)19-12-11-15(3)13-21(19)29-24(27)17(5)10-2/h9-10,15,19-22H,6,11-14H2,1-5,7-8H3/b16-9+,17-10+/t15-,19+,20-,21-,22+/m1/s1. The van der Waals surface area contributed by atoms with Gasteiger partial charge in [-0.1, -0.05) is 25.7 Å². The van der Waals surface area contributed by atoms with Crippen molar-refractivity contribution < 1.29 is 23.8 Å². The van der Waals surface area contributed by atoms with E-state index in [0.29, 0.717) is 23.5 Å². The van der Waals surface area contributed by atoms with Gasteiger partial charge in [0.15, 0.2) is 0 Å². The molecule has 0 spiro atoms. The summed E-state index contributed by atoms with van der Waals surface area (Å²) in [5.41, 5.74) is 1.77. The number of rotatable bonds is 8. The zero-order chi connectivity index (χ0) is 22.6. The van der Waals surface area contributed by atoms with Gasteiger partial charge in [0.1, 0.15) is 12.2 Å². The van der Waals surface area contributed by atoms with Crippen LogP contribution in [0, 0.1) is 11.8 Å². The minimum Gasteiger partial charge on any atom is -0.458 e. The summed E-state index contributed by atoms with van der Waals surface area (Å²) in [6, 6.07) is 0. The van der Waals surface area contributed by atoms with E-state index >= 15 is 0 Å². The number of hydrogen-bond acceptors (Lipinski definition) is 5. The minimum absolute atomic E-state index is 0.0201. The van der Waals surface area contributed by atoms with E-state index < -0.39 is 6.10 Å². The Hall–Kier alpha value is -1.88. The fourth-order valence-electron chi connectivity index (χ4n) is 3.94. The Morgan fingerprint density at radius 1 is 1.13 bits per heavy atom. The molecular formula is C25H38O5. The lowest BCUT2D eigenvalue weighted by Gasteiger charge is -2.37. The smallest absolute Gasteiger partial charge is 0.333 e. The van der Waals surface area contributed by atoms with Gasteiger partial charge in [0, 0.05) is 23.5 Å². The molecule has 1 heterocycles. The molecule has 1 saturated heterocycles. The van der Waals surface area contributed by atoms with Crippen molar-refractivity contribution in [2.24, 2.45) is 11.8 Å². The number of epoxide rings is 1. The van der Waals surface area contributed by atoms with Crippen LogP contribution in [-0.4, -0.2) is 35.9 Å². The van der Waals surface area contributed by atoms with Gasteiger partial charge in [0.2, 0.25) is 0 Å². The van der Waals surface area contributed by atoms with Crippen molar-refractivity contribution in [3.05, 3.63) is 35.5 Å². The molecule has 0 amide bonds. The number of carbonyl (C=O) groups is 2. The van der Waals surface area contributed by atoms with Gasteiger partial charge in [-0.05, 0) is 72.3 Å². The molecule has 2 aliphatic rings. The van der Waals surface area contributed by atoms with Gasteiger partial charge in [-0.3, -0.25) is 0 Å². The third-order valence-corrected chi connectivity index (χ3v) is 6.55. The summed E-state index contributed by atoms with van der Waals surface area (Å²) in [6.07, 6.45) is 6.02. The fraction of sp³-hybridized carbons (Fsp3) is 0.680. The Bertz CT molecular complexity index is 730. The SMILES string of the molecule is C=C([C@@H](C[C@@H]1OC1(C)C)OC(=O)/C(C)=C/C)[C@@H]1CC[C@@H](C)C[C@H]1OC(=O)/C(C)=C/C. The molecule has 5 heteroatoms. The van der Waals surface area contributed by atoms with Gasteiger partial charge in [0.05, 0.1) is 11.7 Å². The highest BCUT2D eigenvalue weighted by Gasteiger charge is 2.50. The summed E-state index contributed by atoms with van der Waals surface area (Å²) >= 11 is 0. The molecule has 0 aromatic carbocycles. The lowest BCUT2D eigenvalue weighted by atomic mass is 9.75. The first-order valence-corrected chi connectivity index (χ1v) is 11.0. The summed E-state index contributed by atoms with van der Waals surface area (Å²) in [4.78, 5) is 24.9. The molecule has 1 saturated carbocycles. The number of ether oxygens (including phenoxy) is 3. The maximum Gasteiger partial charge on any atom is 0.333 e.